The van der Waals surface area contributed by atoms with E-state index in [0.717, 1.165) is 14.7 Å². The normalized spacial score (nSPS) is 16.5. The molecule has 24 heavy (non-hydrogen) atoms. The number of thiophene rings is 1. The highest BCUT2D eigenvalue weighted by Gasteiger charge is 2.38. The molecule has 1 aromatic heterocycles. The monoisotopic (exact) mass is 342 g/mol. The fourth-order valence-corrected chi connectivity index (χ4v) is 3.18. The van der Waals surface area contributed by atoms with Crippen LogP contribution in [-0.4, -0.2) is 25.0 Å². The van der Waals surface area contributed by atoms with E-state index in [-0.39, 0.29) is 11.3 Å². The Morgan fingerprint density at radius 3 is 2.54 bits per heavy atom. The molecule has 0 bridgehead atoms. The van der Waals surface area contributed by atoms with Crippen LogP contribution in [-0.2, 0) is 9.59 Å². The summed E-state index contributed by atoms with van der Waals surface area (Å²) in [4.78, 5) is 39.7. The van der Waals surface area contributed by atoms with Crippen LogP contribution in [0.25, 0.3) is 6.08 Å². The third-order valence-electron chi connectivity index (χ3n) is 3.48. The van der Waals surface area contributed by atoms with Crippen LogP contribution in [0.2, 0.25) is 0 Å². The highest BCUT2D eigenvalue weighted by atomic mass is 32.1. The predicted molar refractivity (Wildman–Crippen MR) is 91.1 cm³/mol. The highest BCUT2D eigenvalue weighted by molar-refractivity contribution is 7.12. The van der Waals surface area contributed by atoms with Gasteiger partial charge in [-0.3, -0.25) is 14.9 Å². The number of carbonyl (C=O) groups is 3. The van der Waals surface area contributed by atoms with E-state index >= 15 is 0 Å². The molecule has 0 atom stereocenters. The number of imide groups is 2. The molecule has 1 aliphatic rings. The lowest BCUT2D eigenvalue weighted by atomic mass is 10.1. The van der Waals surface area contributed by atoms with E-state index < -0.39 is 17.8 Å². The Balaban J connectivity index is 2.05. The van der Waals surface area contributed by atoms with Gasteiger partial charge in [-0.2, -0.15) is 0 Å². The lowest BCUT2D eigenvalue weighted by Crippen LogP contribution is -2.54. The van der Waals surface area contributed by atoms with Crippen molar-refractivity contribution in [3.63, 3.8) is 0 Å². The van der Waals surface area contributed by atoms with E-state index in [0.29, 0.717) is 5.75 Å². The number of para-hydroxylation sites is 2. The van der Waals surface area contributed by atoms with Gasteiger partial charge in [0.2, 0.25) is 0 Å². The first-order valence-electron chi connectivity index (χ1n) is 7.12. The number of urea groups is 1. The first kappa shape index (κ1) is 15.9. The molecule has 1 fully saturated rings. The maximum absolute atomic E-state index is 12.8. The Bertz CT molecular complexity index is 869. The molecule has 3 rings (SSSR count). The molecule has 6 nitrogen and oxygen atoms in total. The van der Waals surface area contributed by atoms with E-state index in [4.69, 9.17) is 4.74 Å². The summed E-state index contributed by atoms with van der Waals surface area (Å²) in [5.74, 6) is -1.02. The van der Waals surface area contributed by atoms with Crippen LogP contribution >= 0.6 is 11.3 Å². The van der Waals surface area contributed by atoms with E-state index in [9.17, 15) is 14.4 Å². The first-order chi connectivity index (χ1) is 11.5. The van der Waals surface area contributed by atoms with Crippen LogP contribution in [0.4, 0.5) is 10.5 Å². The van der Waals surface area contributed by atoms with Crippen molar-refractivity contribution < 1.29 is 19.1 Å². The van der Waals surface area contributed by atoms with Crippen LogP contribution in [0, 0.1) is 6.92 Å². The Labute approximate surface area is 142 Å². The van der Waals surface area contributed by atoms with Crippen LogP contribution in [0.1, 0.15) is 9.75 Å². The molecule has 1 aliphatic heterocycles. The van der Waals surface area contributed by atoms with Gasteiger partial charge in [-0.15, -0.1) is 11.3 Å². The van der Waals surface area contributed by atoms with E-state index in [1.54, 1.807) is 24.3 Å². The summed E-state index contributed by atoms with van der Waals surface area (Å²) in [6.45, 7) is 1.93. The van der Waals surface area contributed by atoms with Crippen molar-refractivity contribution in [3.8, 4) is 5.75 Å². The molecule has 0 radical (unpaired) electrons. The fraction of sp³-hybridized carbons (Fsp3) is 0.118. The third-order valence-corrected chi connectivity index (χ3v) is 4.42. The molecule has 0 aliphatic carbocycles. The summed E-state index contributed by atoms with van der Waals surface area (Å²) in [6.07, 6.45) is 1.49. The van der Waals surface area contributed by atoms with Crippen molar-refractivity contribution in [3.05, 3.63) is 51.7 Å². The number of nitrogens with one attached hydrogen (secondary N) is 1. The van der Waals surface area contributed by atoms with Crippen LogP contribution < -0.4 is 15.0 Å². The second kappa shape index (κ2) is 6.29. The van der Waals surface area contributed by atoms with Gasteiger partial charge in [-0.25, -0.2) is 9.69 Å². The molecule has 1 aromatic carbocycles. The van der Waals surface area contributed by atoms with Crippen LogP contribution in [0.5, 0.6) is 5.75 Å². The third kappa shape index (κ3) is 2.81. The van der Waals surface area contributed by atoms with Crippen molar-refractivity contribution in [2.45, 2.75) is 6.92 Å². The van der Waals surface area contributed by atoms with Gasteiger partial charge in [-0.1, -0.05) is 12.1 Å². The van der Waals surface area contributed by atoms with Gasteiger partial charge < -0.3 is 4.74 Å². The Kier molecular flexibility index (Phi) is 4.18. The molecule has 4 amide bonds. The molecule has 7 heteroatoms. The lowest BCUT2D eigenvalue weighted by molar-refractivity contribution is -0.122. The molecular weight excluding hydrogens is 328 g/mol. The zero-order valence-corrected chi connectivity index (χ0v) is 13.8. The second-order valence-corrected chi connectivity index (χ2v) is 6.40. The minimum absolute atomic E-state index is 0.0950. The van der Waals surface area contributed by atoms with Gasteiger partial charge in [0.1, 0.15) is 11.3 Å². The summed E-state index contributed by atoms with van der Waals surface area (Å²) >= 11 is 1.45. The highest BCUT2D eigenvalue weighted by Crippen LogP contribution is 2.31. The summed E-state index contributed by atoms with van der Waals surface area (Å²) in [5.41, 5.74) is 0.186. The number of aryl methyl sites for hydroxylation is 1. The molecule has 0 spiro atoms. The Hall–Kier alpha value is -2.93. The Morgan fingerprint density at radius 2 is 1.88 bits per heavy atom. The van der Waals surface area contributed by atoms with E-state index in [2.05, 4.69) is 5.32 Å². The fourth-order valence-electron chi connectivity index (χ4n) is 2.36. The topological polar surface area (TPSA) is 75.7 Å². The lowest BCUT2D eigenvalue weighted by Gasteiger charge is -2.27. The molecule has 1 N–H and O–H groups in total. The number of barbiturate groups is 1. The summed E-state index contributed by atoms with van der Waals surface area (Å²) in [6, 6.07) is 9.54. The van der Waals surface area contributed by atoms with Crippen molar-refractivity contribution >= 4 is 40.9 Å². The second-order valence-electron chi connectivity index (χ2n) is 5.08. The average Bonchev–Trinajstić information content (AvgIpc) is 2.97. The number of carbonyl (C=O) groups excluding carboxylic acids is 3. The summed E-state index contributed by atoms with van der Waals surface area (Å²) in [7, 11) is 1.45. The quantitative estimate of drug-likeness (QED) is 0.687. The smallest absolute Gasteiger partial charge is 0.336 e. The number of benzene rings is 1. The zero-order chi connectivity index (χ0) is 17.3. The SMILES string of the molecule is COc1ccccc1N1C(=O)NC(=O)/C(=C\c2ccc(C)s2)C1=O. The van der Waals surface area contributed by atoms with Gasteiger partial charge >= 0.3 is 6.03 Å². The molecule has 122 valence electrons. The minimum Gasteiger partial charge on any atom is -0.495 e. The minimum atomic E-state index is -0.797. The number of nitrogens with zero attached hydrogens (tertiary/aromatic N) is 1. The molecule has 2 aromatic rings. The van der Waals surface area contributed by atoms with Crippen molar-refractivity contribution in [1.29, 1.82) is 0 Å². The van der Waals surface area contributed by atoms with Gasteiger partial charge in [0, 0.05) is 9.75 Å². The van der Waals surface area contributed by atoms with Crippen molar-refractivity contribution in [1.82, 2.24) is 5.32 Å². The van der Waals surface area contributed by atoms with Crippen LogP contribution in [0.15, 0.2) is 42.0 Å². The molecule has 1 saturated heterocycles. The number of methoxy groups -OCH3 is 1. The summed E-state index contributed by atoms with van der Waals surface area (Å²) in [5, 5.41) is 2.19. The van der Waals surface area contributed by atoms with Crippen LogP contribution in [0.3, 0.4) is 0 Å². The molecule has 0 unspecified atom stereocenters. The summed E-state index contributed by atoms with van der Waals surface area (Å²) < 4.78 is 5.20. The van der Waals surface area contributed by atoms with Gasteiger partial charge in [0.15, 0.2) is 0 Å². The predicted octanol–water partition coefficient (Wildman–Crippen LogP) is 2.73. The molecule has 0 saturated carbocycles. The first-order valence-corrected chi connectivity index (χ1v) is 7.94. The average molecular weight is 342 g/mol. The Morgan fingerprint density at radius 1 is 1.12 bits per heavy atom. The number of amides is 4. The van der Waals surface area contributed by atoms with Gasteiger partial charge in [0.25, 0.3) is 11.8 Å². The maximum atomic E-state index is 12.8. The largest absolute Gasteiger partial charge is 0.495 e. The maximum Gasteiger partial charge on any atom is 0.336 e. The van der Waals surface area contributed by atoms with E-state index in [1.165, 1.54) is 24.5 Å². The number of hydrogen-bond donors (Lipinski definition) is 1. The van der Waals surface area contributed by atoms with E-state index in [1.807, 2.05) is 19.1 Å². The molecule has 2 heterocycles. The van der Waals surface area contributed by atoms with Gasteiger partial charge in [0.05, 0.1) is 12.8 Å². The van der Waals surface area contributed by atoms with Gasteiger partial charge in [-0.05, 0) is 37.3 Å². The standard InChI is InChI=1S/C17H14N2O4S/c1-10-7-8-11(24-10)9-12-15(20)18-17(22)19(16(12)21)13-5-3-4-6-14(13)23-2/h3-9H,1-2H3,(H,18,20,22)/b12-9+. The molecular formula is C17H14N2O4S. The number of ether oxygens (including phenoxy) is 1. The number of rotatable bonds is 3. The number of anilines is 1. The zero-order valence-electron chi connectivity index (χ0n) is 13.0. The number of hydrogen-bond acceptors (Lipinski definition) is 5. The van der Waals surface area contributed by atoms with Crippen molar-refractivity contribution in [2.75, 3.05) is 12.0 Å². The van der Waals surface area contributed by atoms with Crippen molar-refractivity contribution in [2.24, 2.45) is 0 Å².